The second kappa shape index (κ2) is 9.04. The van der Waals surface area contributed by atoms with Gasteiger partial charge in [-0.3, -0.25) is 15.0 Å². The fraction of sp³-hybridized carbons (Fsp3) is 0.600. The SMILES string of the molecule is CC(C)(C)[C@H](c1cc([N+](=O)[O-])ccc1Cl)N1CCNCC1.Cl.Cl. The maximum Gasteiger partial charge on any atom is 0.269 e. The van der Waals surface area contributed by atoms with Crippen LogP contribution >= 0.6 is 36.4 Å². The Balaban J connectivity index is 0.00000242. The molecule has 0 bridgehead atoms. The largest absolute Gasteiger partial charge is 0.314 e. The van der Waals surface area contributed by atoms with Gasteiger partial charge in [0.15, 0.2) is 0 Å². The van der Waals surface area contributed by atoms with Crippen molar-refractivity contribution in [3.05, 3.63) is 38.9 Å². The van der Waals surface area contributed by atoms with E-state index in [2.05, 4.69) is 31.0 Å². The molecule has 0 unspecified atom stereocenters. The Labute approximate surface area is 154 Å². The highest BCUT2D eigenvalue weighted by atomic mass is 35.5. The van der Waals surface area contributed by atoms with Crippen LogP contribution in [-0.4, -0.2) is 36.0 Å². The van der Waals surface area contributed by atoms with Crippen molar-refractivity contribution in [1.29, 1.82) is 0 Å². The fourth-order valence-electron chi connectivity index (χ4n) is 3.01. The van der Waals surface area contributed by atoms with Gasteiger partial charge in [-0.2, -0.15) is 0 Å². The van der Waals surface area contributed by atoms with Gasteiger partial charge in [-0.25, -0.2) is 0 Å². The number of hydrogen-bond acceptors (Lipinski definition) is 4. The summed E-state index contributed by atoms with van der Waals surface area (Å²) in [6.45, 7) is 10.1. The van der Waals surface area contributed by atoms with Gasteiger partial charge in [-0.15, -0.1) is 24.8 Å². The molecule has 1 aromatic rings. The number of nitro groups is 1. The molecule has 1 N–H and O–H groups in total. The highest BCUT2D eigenvalue weighted by Crippen LogP contribution is 2.42. The molecule has 1 saturated heterocycles. The lowest BCUT2D eigenvalue weighted by Gasteiger charge is -2.42. The van der Waals surface area contributed by atoms with Crippen LogP contribution in [0.5, 0.6) is 0 Å². The zero-order chi connectivity index (χ0) is 15.6. The smallest absolute Gasteiger partial charge is 0.269 e. The first-order chi connectivity index (χ1) is 9.80. The molecule has 1 atom stereocenters. The van der Waals surface area contributed by atoms with Gasteiger partial charge in [0.25, 0.3) is 5.69 Å². The number of non-ortho nitro benzene ring substituents is 1. The molecule has 1 aliphatic heterocycles. The van der Waals surface area contributed by atoms with E-state index in [1.807, 2.05) is 0 Å². The minimum Gasteiger partial charge on any atom is -0.314 e. The van der Waals surface area contributed by atoms with Crippen molar-refractivity contribution in [3.8, 4) is 0 Å². The normalized spacial score (nSPS) is 16.9. The van der Waals surface area contributed by atoms with Crippen LogP contribution in [-0.2, 0) is 0 Å². The van der Waals surface area contributed by atoms with E-state index in [1.165, 1.54) is 6.07 Å². The number of nitrogens with one attached hydrogen (secondary N) is 1. The summed E-state index contributed by atoms with van der Waals surface area (Å²) in [5.41, 5.74) is 0.884. The monoisotopic (exact) mass is 383 g/mol. The van der Waals surface area contributed by atoms with Crippen LogP contribution in [0.3, 0.4) is 0 Å². The van der Waals surface area contributed by atoms with E-state index >= 15 is 0 Å². The van der Waals surface area contributed by atoms with Gasteiger partial charge in [-0.05, 0) is 17.0 Å². The molecule has 1 aromatic carbocycles. The van der Waals surface area contributed by atoms with Crippen molar-refractivity contribution in [1.82, 2.24) is 10.2 Å². The van der Waals surface area contributed by atoms with Crippen LogP contribution < -0.4 is 5.32 Å². The van der Waals surface area contributed by atoms with E-state index in [9.17, 15) is 10.1 Å². The lowest BCUT2D eigenvalue weighted by molar-refractivity contribution is -0.385. The lowest BCUT2D eigenvalue weighted by atomic mass is 9.80. The van der Waals surface area contributed by atoms with E-state index in [1.54, 1.807) is 12.1 Å². The molecule has 0 radical (unpaired) electrons. The molecular weight excluding hydrogens is 361 g/mol. The third-order valence-corrected chi connectivity index (χ3v) is 4.17. The summed E-state index contributed by atoms with van der Waals surface area (Å²) in [5, 5.41) is 15.0. The number of halogens is 3. The molecule has 5 nitrogen and oxygen atoms in total. The summed E-state index contributed by atoms with van der Waals surface area (Å²) < 4.78 is 0. The fourth-order valence-corrected chi connectivity index (χ4v) is 3.23. The van der Waals surface area contributed by atoms with Gasteiger partial charge in [0.05, 0.1) is 4.92 Å². The maximum absolute atomic E-state index is 11.1. The minimum absolute atomic E-state index is 0. The number of rotatable bonds is 3. The number of hydrogen-bond donors (Lipinski definition) is 1. The van der Waals surface area contributed by atoms with Crippen molar-refractivity contribution in [2.24, 2.45) is 5.41 Å². The second-order valence-electron chi connectivity index (χ2n) is 6.52. The van der Waals surface area contributed by atoms with Crippen LogP contribution in [0, 0.1) is 15.5 Å². The van der Waals surface area contributed by atoms with Gasteiger partial charge in [0.1, 0.15) is 0 Å². The first kappa shape index (κ1) is 22.4. The van der Waals surface area contributed by atoms with E-state index in [0.29, 0.717) is 5.02 Å². The molecule has 1 aliphatic rings. The van der Waals surface area contributed by atoms with Gasteiger partial charge in [-0.1, -0.05) is 32.4 Å². The van der Waals surface area contributed by atoms with E-state index in [0.717, 1.165) is 31.7 Å². The number of piperazine rings is 1. The Morgan fingerprint density at radius 3 is 2.30 bits per heavy atom. The zero-order valence-corrected chi connectivity index (χ0v) is 15.9. The van der Waals surface area contributed by atoms with E-state index in [4.69, 9.17) is 11.6 Å². The summed E-state index contributed by atoms with van der Waals surface area (Å²) in [5.74, 6) is 0. The Morgan fingerprint density at radius 1 is 1.26 bits per heavy atom. The van der Waals surface area contributed by atoms with Crippen LogP contribution in [0.1, 0.15) is 32.4 Å². The molecule has 0 saturated carbocycles. The average Bonchev–Trinajstić information content (AvgIpc) is 2.40. The van der Waals surface area contributed by atoms with Crippen LogP contribution in [0.2, 0.25) is 5.02 Å². The van der Waals surface area contributed by atoms with Crippen molar-refractivity contribution in [3.63, 3.8) is 0 Å². The van der Waals surface area contributed by atoms with E-state index in [-0.39, 0.29) is 46.9 Å². The molecule has 1 fully saturated rings. The van der Waals surface area contributed by atoms with Crippen molar-refractivity contribution in [2.45, 2.75) is 26.8 Å². The van der Waals surface area contributed by atoms with Crippen molar-refractivity contribution >= 4 is 42.1 Å². The topological polar surface area (TPSA) is 58.4 Å². The predicted molar refractivity (Wildman–Crippen MR) is 99.2 cm³/mol. The average molecular weight is 385 g/mol. The Hall–Kier alpha value is -0.590. The number of nitrogens with zero attached hydrogens (tertiary/aromatic N) is 2. The molecule has 0 amide bonds. The van der Waals surface area contributed by atoms with Gasteiger partial charge >= 0.3 is 0 Å². The molecule has 0 spiro atoms. The highest BCUT2D eigenvalue weighted by Gasteiger charge is 2.34. The molecule has 0 aromatic heterocycles. The summed E-state index contributed by atoms with van der Waals surface area (Å²) in [4.78, 5) is 13.1. The highest BCUT2D eigenvalue weighted by molar-refractivity contribution is 6.31. The summed E-state index contributed by atoms with van der Waals surface area (Å²) in [6.07, 6.45) is 0. The van der Waals surface area contributed by atoms with Gasteiger partial charge in [0.2, 0.25) is 0 Å². The second-order valence-corrected chi connectivity index (χ2v) is 6.92. The third kappa shape index (κ3) is 5.47. The summed E-state index contributed by atoms with van der Waals surface area (Å²) in [6, 6.07) is 4.78. The quantitative estimate of drug-likeness (QED) is 0.630. The molecule has 23 heavy (non-hydrogen) atoms. The minimum atomic E-state index is -0.364. The Bertz CT molecular complexity index is 529. The molecule has 132 valence electrons. The van der Waals surface area contributed by atoms with Gasteiger partial charge < -0.3 is 5.32 Å². The third-order valence-electron chi connectivity index (χ3n) is 3.82. The van der Waals surface area contributed by atoms with Crippen molar-refractivity contribution < 1.29 is 4.92 Å². The van der Waals surface area contributed by atoms with Crippen molar-refractivity contribution in [2.75, 3.05) is 26.2 Å². The van der Waals surface area contributed by atoms with Gasteiger partial charge in [0, 0.05) is 49.4 Å². The standard InChI is InChI=1S/C15H22ClN3O2.2ClH/c1-15(2,3)14(18-8-6-17-7-9-18)12-10-11(19(20)21)4-5-13(12)16;;/h4-5,10,14,17H,6-9H2,1-3H3;2*1H/t14-;;/m0../s1. The van der Waals surface area contributed by atoms with Crippen LogP contribution in [0.15, 0.2) is 18.2 Å². The summed E-state index contributed by atoms with van der Waals surface area (Å²) >= 11 is 6.36. The molecule has 1 heterocycles. The number of nitro benzene ring substituents is 1. The number of benzene rings is 1. The molecule has 8 heteroatoms. The molecule has 0 aliphatic carbocycles. The summed E-state index contributed by atoms with van der Waals surface area (Å²) in [7, 11) is 0. The Kier molecular flexibility index (Phi) is 8.81. The zero-order valence-electron chi connectivity index (χ0n) is 13.5. The Morgan fingerprint density at radius 2 is 1.83 bits per heavy atom. The molecule has 2 rings (SSSR count). The van der Waals surface area contributed by atoms with Crippen LogP contribution in [0.25, 0.3) is 0 Å². The van der Waals surface area contributed by atoms with E-state index < -0.39 is 0 Å². The predicted octanol–water partition coefficient (Wildman–Crippen LogP) is 4.08. The maximum atomic E-state index is 11.1. The first-order valence-electron chi connectivity index (χ1n) is 7.19. The van der Waals surface area contributed by atoms with Crippen LogP contribution in [0.4, 0.5) is 5.69 Å². The first-order valence-corrected chi connectivity index (χ1v) is 7.57. The lowest BCUT2D eigenvalue weighted by Crippen LogP contribution is -2.48. The molecular formula is C15H24Cl3N3O2.